The summed E-state index contributed by atoms with van der Waals surface area (Å²) in [6.07, 6.45) is 5.10. The highest BCUT2D eigenvalue weighted by molar-refractivity contribution is 9.10. The van der Waals surface area contributed by atoms with E-state index in [1.807, 2.05) is 38.5 Å². The first-order chi connectivity index (χ1) is 10.3. The number of halogens is 1. The van der Waals surface area contributed by atoms with Crippen LogP contribution in [0.15, 0.2) is 11.0 Å². The molecule has 0 saturated heterocycles. The molecule has 0 aromatic heterocycles. The molecule has 2 bridgehead atoms. The molecule has 3 aliphatic rings. The van der Waals surface area contributed by atoms with Crippen LogP contribution in [0.2, 0.25) is 0 Å². The highest BCUT2D eigenvalue weighted by Crippen LogP contribution is 2.74. The van der Waals surface area contributed by atoms with E-state index in [2.05, 4.69) is 26.8 Å². The minimum atomic E-state index is -0.538. The fraction of sp³-hybridized carbons (Fsp3) is 0.833. The maximum atomic E-state index is 12.4. The van der Waals surface area contributed by atoms with Crippen LogP contribution in [-0.2, 0) is 4.79 Å². The van der Waals surface area contributed by atoms with Gasteiger partial charge in [-0.15, -0.1) is 11.6 Å². The van der Waals surface area contributed by atoms with Crippen LogP contribution < -0.4 is 0 Å². The molecule has 0 N–H and O–H groups in total. The number of hydrogen-bond acceptors (Lipinski definition) is 4. The maximum Gasteiger partial charge on any atom is 0.149 e. The van der Waals surface area contributed by atoms with Gasteiger partial charge in [-0.3, -0.25) is 4.79 Å². The number of hydrogen-bond donors (Lipinski definition) is 0. The van der Waals surface area contributed by atoms with E-state index in [1.54, 1.807) is 20.6 Å². The summed E-state index contributed by atoms with van der Waals surface area (Å²) in [5.41, 5.74) is -0.273. The lowest BCUT2D eigenvalue weighted by Gasteiger charge is -2.60. The second-order valence-electron chi connectivity index (χ2n) is 9.14. The quantitative estimate of drug-likeness (QED) is 0.382. The molecular weight excluding hydrogens is 364 g/mol. The molecule has 3 aliphatic carbocycles. The lowest BCUT2D eigenvalue weighted by Crippen LogP contribution is -2.69. The topological polar surface area (TPSA) is 17.1 Å². The predicted octanol–water partition coefficient (Wildman–Crippen LogP) is 6.93. The third-order valence-electron chi connectivity index (χ3n) is 7.22. The van der Waals surface area contributed by atoms with Crippen molar-refractivity contribution in [1.82, 2.24) is 0 Å². The zero-order valence-electron chi connectivity index (χ0n) is 15.1. The van der Waals surface area contributed by atoms with Gasteiger partial charge >= 0.3 is 0 Å². The van der Waals surface area contributed by atoms with Crippen molar-refractivity contribution in [2.45, 2.75) is 65.5 Å². The molecule has 1 nitrogen and oxygen atoms in total. The Kier molecular flexibility index (Phi) is 4.14. The Morgan fingerprint density at radius 3 is 2.09 bits per heavy atom. The molecule has 23 heavy (non-hydrogen) atoms. The number of Topliss-reactive ketones (excluding diaryl/α,β-unsaturated/α-hetero) is 1. The van der Waals surface area contributed by atoms with Gasteiger partial charge in [0.1, 0.15) is 9.99 Å². The standard InChI is InChI=1S/C18H27ClOS3/c1-14(2)11-8-9-17(14,7)12(10-11)21-23-22-18(19)15(3,4)13(20)16(18,5)6/h10-11H,8-9H2,1-7H3. The third kappa shape index (κ3) is 2.07. The first kappa shape index (κ1) is 18.5. The molecule has 0 aliphatic heterocycles. The number of carbonyl (C=O) groups excluding carboxylic acids is 1. The van der Waals surface area contributed by atoms with E-state index in [-0.39, 0.29) is 5.78 Å². The van der Waals surface area contributed by atoms with E-state index < -0.39 is 15.0 Å². The molecule has 3 rings (SSSR count). The minimum Gasteiger partial charge on any atom is -0.298 e. The Labute approximate surface area is 157 Å². The van der Waals surface area contributed by atoms with Crippen LogP contribution in [0.4, 0.5) is 0 Å². The number of ketones is 1. The van der Waals surface area contributed by atoms with Crippen molar-refractivity contribution >= 4 is 48.8 Å². The molecule has 2 unspecified atom stereocenters. The average molecular weight is 391 g/mol. The van der Waals surface area contributed by atoms with Gasteiger partial charge < -0.3 is 0 Å². The first-order valence-electron chi connectivity index (χ1n) is 8.31. The van der Waals surface area contributed by atoms with Crippen LogP contribution in [0.5, 0.6) is 0 Å². The Balaban J connectivity index is 1.68. The van der Waals surface area contributed by atoms with Crippen LogP contribution in [0, 0.1) is 27.6 Å². The van der Waals surface area contributed by atoms with Crippen molar-refractivity contribution < 1.29 is 4.79 Å². The summed E-state index contributed by atoms with van der Waals surface area (Å²) in [7, 11) is 5.31. The molecule has 0 radical (unpaired) electrons. The molecule has 130 valence electrons. The molecular formula is C18H27ClOS3. The summed E-state index contributed by atoms with van der Waals surface area (Å²) in [6, 6.07) is 0. The summed E-state index contributed by atoms with van der Waals surface area (Å²) in [5, 5.41) is 0. The lowest BCUT2D eigenvalue weighted by atomic mass is 9.54. The van der Waals surface area contributed by atoms with E-state index in [4.69, 9.17) is 11.6 Å². The van der Waals surface area contributed by atoms with Crippen LogP contribution >= 0.6 is 43.0 Å². The molecule has 5 heteroatoms. The van der Waals surface area contributed by atoms with Crippen molar-refractivity contribution in [3.8, 4) is 0 Å². The summed E-state index contributed by atoms with van der Waals surface area (Å²) in [5.74, 6) is 0.981. The van der Waals surface area contributed by atoms with Crippen LogP contribution in [0.25, 0.3) is 0 Å². The van der Waals surface area contributed by atoms with Gasteiger partial charge in [0, 0.05) is 5.41 Å². The van der Waals surface area contributed by atoms with Crippen LogP contribution in [-0.4, -0.2) is 9.99 Å². The first-order valence-corrected chi connectivity index (χ1v) is 12.2. The van der Waals surface area contributed by atoms with E-state index >= 15 is 0 Å². The smallest absolute Gasteiger partial charge is 0.149 e. The third-order valence-corrected chi connectivity index (χ3v) is 13.7. The highest BCUT2D eigenvalue weighted by atomic mass is 35.5. The zero-order chi connectivity index (χ0) is 17.5. The minimum absolute atomic E-state index is 0.269. The number of carbonyl (C=O) groups is 1. The average Bonchev–Trinajstić information content (AvgIpc) is 2.78. The van der Waals surface area contributed by atoms with Crippen LogP contribution in [0.3, 0.4) is 0 Å². The second kappa shape index (κ2) is 5.14. The van der Waals surface area contributed by atoms with Crippen molar-refractivity contribution in [2.24, 2.45) is 27.6 Å². The molecule has 0 aromatic carbocycles. The normalized spacial score (nSPS) is 38.3. The SMILES string of the molecule is CC1(C)C(=O)C(C)(C)C1(Cl)SSSC1=CC2CCC1(C)C2(C)C. The summed E-state index contributed by atoms with van der Waals surface area (Å²) < 4.78 is -0.538. The van der Waals surface area contributed by atoms with Gasteiger partial charge in [-0.1, -0.05) is 76.1 Å². The van der Waals surface area contributed by atoms with Crippen molar-refractivity contribution in [3.05, 3.63) is 11.0 Å². The summed E-state index contributed by atoms with van der Waals surface area (Å²) in [6.45, 7) is 15.2. The van der Waals surface area contributed by atoms with Gasteiger partial charge in [0.25, 0.3) is 0 Å². The van der Waals surface area contributed by atoms with Gasteiger partial charge in [0.2, 0.25) is 0 Å². The Bertz CT molecular complexity index is 575. The number of fused-ring (bicyclic) bond motifs is 2. The largest absolute Gasteiger partial charge is 0.298 e. The van der Waals surface area contributed by atoms with E-state index in [0.717, 1.165) is 0 Å². The maximum absolute atomic E-state index is 12.4. The fourth-order valence-corrected chi connectivity index (χ4v) is 11.7. The lowest BCUT2D eigenvalue weighted by molar-refractivity contribution is -0.153. The van der Waals surface area contributed by atoms with Crippen molar-refractivity contribution in [3.63, 3.8) is 0 Å². The monoisotopic (exact) mass is 390 g/mol. The second-order valence-corrected chi connectivity index (χ2v) is 14.1. The Hall–Kier alpha value is 0.750. The number of rotatable bonds is 4. The van der Waals surface area contributed by atoms with Gasteiger partial charge in [0.05, 0.1) is 10.8 Å². The van der Waals surface area contributed by atoms with Gasteiger partial charge in [0.15, 0.2) is 0 Å². The van der Waals surface area contributed by atoms with E-state index in [9.17, 15) is 4.79 Å². The predicted molar refractivity (Wildman–Crippen MR) is 107 cm³/mol. The molecule has 0 spiro atoms. The van der Waals surface area contributed by atoms with Crippen molar-refractivity contribution in [1.29, 1.82) is 0 Å². The summed E-state index contributed by atoms with van der Waals surface area (Å²) >= 11 is 6.93. The molecule has 0 heterocycles. The number of alkyl halides is 1. The molecule has 2 atom stereocenters. The fourth-order valence-electron chi connectivity index (χ4n) is 4.86. The molecule has 0 amide bonds. The zero-order valence-corrected chi connectivity index (χ0v) is 18.3. The Morgan fingerprint density at radius 2 is 1.65 bits per heavy atom. The van der Waals surface area contributed by atoms with Gasteiger partial charge in [-0.25, -0.2) is 0 Å². The van der Waals surface area contributed by atoms with Crippen molar-refractivity contribution in [2.75, 3.05) is 0 Å². The van der Waals surface area contributed by atoms with Gasteiger partial charge in [-0.2, -0.15) is 0 Å². The molecule has 2 saturated carbocycles. The molecule has 2 fully saturated rings. The Morgan fingerprint density at radius 1 is 1.09 bits per heavy atom. The highest BCUT2D eigenvalue weighted by Gasteiger charge is 2.72. The van der Waals surface area contributed by atoms with E-state index in [0.29, 0.717) is 16.7 Å². The summed E-state index contributed by atoms with van der Waals surface area (Å²) in [4.78, 5) is 13.9. The van der Waals surface area contributed by atoms with Crippen LogP contribution in [0.1, 0.15) is 61.3 Å². The van der Waals surface area contributed by atoms with Gasteiger partial charge in [-0.05, 0) is 38.9 Å². The van der Waals surface area contributed by atoms with E-state index in [1.165, 1.54) is 17.7 Å². The molecule has 0 aromatic rings. The number of allylic oxidation sites excluding steroid dienone is 2.